The van der Waals surface area contributed by atoms with Gasteiger partial charge in [0.2, 0.25) is 0 Å². The van der Waals surface area contributed by atoms with Crippen molar-refractivity contribution >= 4 is 43.5 Å². The van der Waals surface area contributed by atoms with E-state index in [4.69, 9.17) is 4.98 Å². The highest BCUT2D eigenvalue weighted by atomic mass is 15.1. The van der Waals surface area contributed by atoms with Crippen LogP contribution in [-0.2, 0) is 0 Å². The minimum atomic E-state index is 0.721. The largest absolute Gasteiger partial charge is 0.317 e. The lowest BCUT2D eigenvalue weighted by Crippen LogP contribution is -2.00. The molecule has 0 amide bonds. The summed E-state index contributed by atoms with van der Waals surface area (Å²) in [6.07, 6.45) is 4.01. The van der Waals surface area contributed by atoms with Gasteiger partial charge in [-0.25, -0.2) is 9.97 Å². The second-order valence-electron chi connectivity index (χ2n) is 9.57. The fourth-order valence-corrected chi connectivity index (χ4v) is 5.67. The van der Waals surface area contributed by atoms with Crippen LogP contribution in [0.15, 0.2) is 134 Å². The topological polar surface area (TPSA) is 35.6 Å². The summed E-state index contributed by atoms with van der Waals surface area (Å²) in [5.41, 5.74) is 5.64. The van der Waals surface area contributed by atoms with E-state index >= 15 is 0 Å². The van der Waals surface area contributed by atoms with Crippen molar-refractivity contribution in [1.29, 1.82) is 0 Å². The molecule has 4 nitrogen and oxygen atoms in total. The van der Waals surface area contributed by atoms with Crippen LogP contribution in [0.5, 0.6) is 0 Å². The van der Waals surface area contributed by atoms with Crippen LogP contribution in [-0.4, -0.2) is 19.1 Å². The molecule has 0 radical (unpaired) electrons. The fourth-order valence-electron chi connectivity index (χ4n) is 5.67. The van der Waals surface area contributed by atoms with E-state index in [0.717, 1.165) is 33.9 Å². The third-order valence-corrected chi connectivity index (χ3v) is 7.42. The third-order valence-electron chi connectivity index (χ3n) is 7.42. The highest BCUT2D eigenvalue weighted by molar-refractivity contribution is 6.18. The summed E-state index contributed by atoms with van der Waals surface area (Å²) in [6.45, 7) is 0. The van der Waals surface area contributed by atoms with Crippen LogP contribution in [0.25, 0.3) is 66.4 Å². The number of nitrogens with zero attached hydrogens (tertiary/aromatic N) is 4. The maximum Gasteiger partial charge on any atom is 0.161 e. The number of aromatic nitrogens is 4. The van der Waals surface area contributed by atoms with Crippen LogP contribution in [0, 0.1) is 0 Å². The first kappa shape index (κ1) is 20.9. The fraction of sp³-hybridized carbons (Fsp3) is 0. The van der Waals surface area contributed by atoms with Gasteiger partial charge in [-0.1, -0.05) is 72.8 Å². The van der Waals surface area contributed by atoms with E-state index < -0.39 is 0 Å². The average molecular weight is 487 g/mol. The minimum absolute atomic E-state index is 0.721. The normalized spacial score (nSPS) is 11.7. The molecule has 0 atom stereocenters. The summed E-state index contributed by atoms with van der Waals surface area (Å²) in [5, 5.41) is 6.13. The van der Waals surface area contributed by atoms with Crippen LogP contribution in [0.3, 0.4) is 0 Å². The zero-order valence-electron chi connectivity index (χ0n) is 20.5. The van der Waals surface area contributed by atoms with E-state index in [9.17, 15) is 0 Å². The highest BCUT2D eigenvalue weighted by Gasteiger charge is 2.16. The molecule has 5 aromatic carbocycles. The van der Waals surface area contributed by atoms with Gasteiger partial charge in [0.15, 0.2) is 5.82 Å². The van der Waals surface area contributed by atoms with Crippen LogP contribution in [0.4, 0.5) is 0 Å². The lowest BCUT2D eigenvalue weighted by Gasteiger charge is -2.10. The molecule has 3 aromatic heterocycles. The van der Waals surface area contributed by atoms with Crippen molar-refractivity contribution in [1.82, 2.24) is 19.1 Å². The molecule has 0 fully saturated rings. The SMILES string of the molecule is c1ccc(-c2nccc(-n3c4ccccc4c4cc5c(ccc6c5ccn6-c5ccccc5)cc43)n2)cc1. The van der Waals surface area contributed by atoms with Crippen molar-refractivity contribution in [3.8, 4) is 22.9 Å². The molecule has 38 heavy (non-hydrogen) atoms. The first-order valence-electron chi connectivity index (χ1n) is 12.8. The molecule has 0 bridgehead atoms. The first-order valence-corrected chi connectivity index (χ1v) is 12.8. The quantitative estimate of drug-likeness (QED) is 0.252. The maximum atomic E-state index is 5.00. The zero-order valence-corrected chi connectivity index (χ0v) is 20.5. The Kier molecular flexibility index (Phi) is 4.49. The highest BCUT2D eigenvalue weighted by Crippen LogP contribution is 2.37. The zero-order chi connectivity index (χ0) is 25.1. The summed E-state index contributed by atoms with van der Waals surface area (Å²) in [4.78, 5) is 9.57. The van der Waals surface area contributed by atoms with Crippen LogP contribution in [0.2, 0.25) is 0 Å². The van der Waals surface area contributed by atoms with Gasteiger partial charge >= 0.3 is 0 Å². The molecular weight excluding hydrogens is 464 g/mol. The molecule has 0 aliphatic heterocycles. The first-order chi connectivity index (χ1) is 18.8. The number of benzene rings is 5. The number of hydrogen-bond donors (Lipinski definition) is 0. The van der Waals surface area contributed by atoms with Gasteiger partial charge in [0, 0.05) is 39.8 Å². The monoisotopic (exact) mass is 486 g/mol. The number of para-hydroxylation sites is 2. The standard InChI is InChI=1S/C34H22N4/c1-3-9-23(10-4-1)34-35-19-17-33(36-34)38-31-14-8-7-13-26(31)29-22-28-24(21-32(29)38)15-16-30-27(28)18-20-37(30)25-11-5-2-6-12-25/h1-22H. The van der Waals surface area contributed by atoms with E-state index in [0.29, 0.717) is 0 Å². The summed E-state index contributed by atoms with van der Waals surface area (Å²) >= 11 is 0. The molecule has 0 aliphatic rings. The molecule has 0 saturated carbocycles. The maximum absolute atomic E-state index is 5.00. The van der Waals surface area contributed by atoms with E-state index in [1.807, 2.05) is 42.6 Å². The molecule has 3 heterocycles. The van der Waals surface area contributed by atoms with E-state index in [1.165, 1.54) is 32.4 Å². The second kappa shape index (κ2) is 8.15. The Morgan fingerprint density at radius 1 is 0.526 bits per heavy atom. The van der Waals surface area contributed by atoms with Gasteiger partial charge < -0.3 is 4.57 Å². The van der Waals surface area contributed by atoms with Gasteiger partial charge in [0.25, 0.3) is 0 Å². The third kappa shape index (κ3) is 3.10. The average Bonchev–Trinajstić information content (AvgIpc) is 3.56. The van der Waals surface area contributed by atoms with Gasteiger partial charge in [-0.2, -0.15) is 0 Å². The summed E-state index contributed by atoms with van der Waals surface area (Å²) in [7, 11) is 0. The molecule has 178 valence electrons. The lowest BCUT2D eigenvalue weighted by molar-refractivity contribution is 1.04. The van der Waals surface area contributed by atoms with Crippen molar-refractivity contribution < 1.29 is 0 Å². The molecule has 0 N–H and O–H groups in total. The van der Waals surface area contributed by atoms with Gasteiger partial charge in [-0.3, -0.25) is 4.57 Å². The van der Waals surface area contributed by atoms with E-state index in [2.05, 4.69) is 105 Å². The Bertz CT molecular complexity index is 2120. The Morgan fingerprint density at radius 3 is 2.16 bits per heavy atom. The van der Waals surface area contributed by atoms with Gasteiger partial charge in [0.1, 0.15) is 5.82 Å². The van der Waals surface area contributed by atoms with Gasteiger partial charge in [-0.05, 0) is 59.3 Å². The smallest absolute Gasteiger partial charge is 0.161 e. The number of rotatable bonds is 3. The minimum Gasteiger partial charge on any atom is -0.317 e. The van der Waals surface area contributed by atoms with Gasteiger partial charge in [0.05, 0.1) is 16.6 Å². The van der Waals surface area contributed by atoms with Crippen molar-refractivity contribution in [3.63, 3.8) is 0 Å². The molecule has 8 rings (SSSR count). The van der Waals surface area contributed by atoms with Crippen LogP contribution >= 0.6 is 0 Å². The van der Waals surface area contributed by atoms with E-state index in [-0.39, 0.29) is 0 Å². The molecule has 0 spiro atoms. The Morgan fingerprint density at radius 2 is 1.29 bits per heavy atom. The van der Waals surface area contributed by atoms with Crippen molar-refractivity contribution in [2.45, 2.75) is 0 Å². The second-order valence-corrected chi connectivity index (χ2v) is 9.57. The predicted octanol–water partition coefficient (Wildman–Crippen LogP) is 8.34. The number of hydrogen-bond acceptors (Lipinski definition) is 2. The lowest BCUT2D eigenvalue weighted by atomic mass is 10.0. The van der Waals surface area contributed by atoms with Crippen LogP contribution < -0.4 is 0 Å². The Balaban J connectivity index is 1.40. The predicted molar refractivity (Wildman–Crippen MR) is 156 cm³/mol. The molecule has 0 aliphatic carbocycles. The summed E-state index contributed by atoms with van der Waals surface area (Å²) in [6, 6.07) is 42.5. The molecule has 8 aromatic rings. The molecular formula is C34H22N4. The van der Waals surface area contributed by atoms with Crippen molar-refractivity contribution in [2.75, 3.05) is 0 Å². The molecule has 0 saturated heterocycles. The molecule has 0 unspecified atom stereocenters. The van der Waals surface area contributed by atoms with E-state index in [1.54, 1.807) is 0 Å². The number of fused-ring (bicyclic) bond motifs is 6. The summed E-state index contributed by atoms with van der Waals surface area (Å²) in [5.74, 6) is 1.58. The van der Waals surface area contributed by atoms with Crippen molar-refractivity contribution in [2.24, 2.45) is 0 Å². The Labute approximate surface area is 219 Å². The van der Waals surface area contributed by atoms with Crippen molar-refractivity contribution in [3.05, 3.63) is 134 Å². The van der Waals surface area contributed by atoms with Crippen LogP contribution in [0.1, 0.15) is 0 Å². The molecule has 4 heteroatoms. The Hall–Kier alpha value is -5.22. The van der Waals surface area contributed by atoms with Gasteiger partial charge in [-0.15, -0.1) is 0 Å². The summed E-state index contributed by atoms with van der Waals surface area (Å²) < 4.78 is 4.52.